The van der Waals surface area contributed by atoms with Gasteiger partial charge in [0.15, 0.2) is 0 Å². The summed E-state index contributed by atoms with van der Waals surface area (Å²) in [6.07, 6.45) is 0.755. The molecule has 1 aliphatic heterocycles. The third-order valence-corrected chi connectivity index (χ3v) is 3.60. The van der Waals surface area contributed by atoms with Gasteiger partial charge in [-0.05, 0) is 24.6 Å². The topological polar surface area (TPSA) is 44.5 Å². The first-order valence-corrected chi connectivity index (χ1v) is 7.06. The van der Waals surface area contributed by atoms with Gasteiger partial charge in [0.25, 0.3) is 0 Å². The summed E-state index contributed by atoms with van der Waals surface area (Å²) in [5.41, 5.74) is 7.86. The minimum atomic E-state index is -0.329. The normalized spacial score (nSPS) is 18.0. The van der Waals surface area contributed by atoms with Gasteiger partial charge in [-0.25, -0.2) is 4.39 Å². The van der Waals surface area contributed by atoms with Crippen molar-refractivity contribution in [3.8, 4) is 11.5 Å². The second kappa shape index (κ2) is 5.74. The molecule has 0 aromatic heterocycles. The van der Waals surface area contributed by atoms with Crippen LogP contribution >= 0.6 is 0 Å². The van der Waals surface area contributed by atoms with Crippen molar-refractivity contribution >= 4 is 0 Å². The van der Waals surface area contributed by atoms with Crippen LogP contribution in [-0.4, -0.2) is 12.7 Å². The molecule has 2 N–H and O–H groups in total. The van der Waals surface area contributed by atoms with Crippen LogP contribution in [0.4, 0.5) is 4.39 Å². The van der Waals surface area contributed by atoms with Crippen LogP contribution in [0.15, 0.2) is 42.5 Å². The molecular weight excluding hydrogens is 269 g/mol. The van der Waals surface area contributed by atoms with Crippen molar-refractivity contribution in [2.45, 2.75) is 25.5 Å². The van der Waals surface area contributed by atoms with Crippen LogP contribution in [-0.2, 0) is 6.42 Å². The van der Waals surface area contributed by atoms with E-state index < -0.39 is 0 Å². The molecule has 1 heterocycles. The lowest BCUT2D eigenvalue weighted by Gasteiger charge is -2.17. The van der Waals surface area contributed by atoms with Crippen LogP contribution in [0.2, 0.25) is 0 Å². The molecule has 0 saturated heterocycles. The zero-order valence-electron chi connectivity index (χ0n) is 11.9. The van der Waals surface area contributed by atoms with Gasteiger partial charge in [-0.3, -0.25) is 0 Å². The molecule has 0 aliphatic carbocycles. The van der Waals surface area contributed by atoms with E-state index in [1.165, 1.54) is 17.7 Å². The third kappa shape index (κ3) is 3.00. The summed E-state index contributed by atoms with van der Waals surface area (Å²) in [5.74, 6) is 1.06. The summed E-state index contributed by atoms with van der Waals surface area (Å²) in [6.45, 7) is 2.22. The Bertz CT molecular complexity index is 617. The van der Waals surface area contributed by atoms with Crippen molar-refractivity contribution in [1.29, 1.82) is 0 Å². The van der Waals surface area contributed by atoms with Crippen LogP contribution in [0, 0.1) is 5.82 Å². The smallest absolute Gasteiger partial charge is 0.137 e. The average Bonchev–Trinajstić information content (AvgIpc) is 2.87. The SMILES string of the molecule is CC(N)c1ccc(F)cc1OCC1Cc2ccccc2O1. The molecule has 4 heteroatoms. The van der Waals surface area contributed by atoms with Gasteiger partial charge in [0.1, 0.15) is 30.0 Å². The van der Waals surface area contributed by atoms with Crippen molar-refractivity contribution in [2.24, 2.45) is 5.73 Å². The van der Waals surface area contributed by atoms with E-state index in [4.69, 9.17) is 15.2 Å². The molecule has 1 aliphatic rings. The molecule has 0 amide bonds. The number of nitrogens with two attached hydrogens (primary N) is 1. The van der Waals surface area contributed by atoms with Crippen LogP contribution < -0.4 is 15.2 Å². The number of hydrogen-bond acceptors (Lipinski definition) is 3. The molecule has 0 spiro atoms. The van der Waals surface area contributed by atoms with Gasteiger partial charge in [0.2, 0.25) is 0 Å². The van der Waals surface area contributed by atoms with Gasteiger partial charge in [0, 0.05) is 24.1 Å². The Morgan fingerprint density at radius 2 is 2.14 bits per heavy atom. The summed E-state index contributed by atoms with van der Waals surface area (Å²) < 4.78 is 24.9. The zero-order valence-corrected chi connectivity index (χ0v) is 11.9. The van der Waals surface area contributed by atoms with E-state index >= 15 is 0 Å². The Hall–Kier alpha value is -2.07. The monoisotopic (exact) mass is 287 g/mol. The van der Waals surface area contributed by atoms with E-state index in [1.54, 1.807) is 6.07 Å². The number of rotatable bonds is 4. The average molecular weight is 287 g/mol. The molecule has 3 nitrogen and oxygen atoms in total. The highest BCUT2D eigenvalue weighted by Crippen LogP contribution is 2.30. The van der Waals surface area contributed by atoms with E-state index in [0.717, 1.165) is 17.7 Å². The first-order valence-electron chi connectivity index (χ1n) is 7.06. The Kier molecular flexibility index (Phi) is 3.80. The fourth-order valence-corrected chi connectivity index (χ4v) is 2.54. The summed E-state index contributed by atoms with van der Waals surface area (Å²) in [6, 6.07) is 12.2. The van der Waals surface area contributed by atoms with Crippen LogP contribution in [0.1, 0.15) is 24.1 Å². The van der Waals surface area contributed by atoms with Crippen molar-refractivity contribution in [3.05, 3.63) is 59.4 Å². The maximum absolute atomic E-state index is 13.4. The van der Waals surface area contributed by atoms with Gasteiger partial charge in [-0.15, -0.1) is 0 Å². The second-order valence-electron chi connectivity index (χ2n) is 5.33. The largest absolute Gasteiger partial charge is 0.489 e. The van der Waals surface area contributed by atoms with Gasteiger partial charge >= 0.3 is 0 Å². The molecule has 110 valence electrons. The number of hydrogen-bond donors (Lipinski definition) is 1. The highest BCUT2D eigenvalue weighted by Gasteiger charge is 2.23. The van der Waals surface area contributed by atoms with Crippen LogP contribution in [0.3, 0.4) is 0 Å². The number of benzene rings is 2. The molecule has 0 fully saturated rings. The van der Waals surface area contributed by atoms with Crippen molar-refractivity contribution < 1.29 is 13.9 Å². The Morgan fingerprint density at radius 3 is 2.90 bits per heavy atom. The molecule has 2 aromatic rings. The van der Waals surface area contributed by atoms with E-state index in [1.807, 2.05) is 31.2 Å². The predicted octanol–water partition coefficient (Wildman–Crippen LogP) is 3.23. The zero-order chi connectivity index (χ0) is 14.8. The minimum Gasteiger partial charge on any atom is -0.489 e. The fourth-order valence-electron chi connectivity index (χ4n) is 2.54. The third-order valence-electron chi connectivity index (χ3n) is 3.60. The highest BCUT2D eigenvalue weighted by molar-refractivity contribution is 5.38. The summed E-state index contributed by atoms with van der Waals surface area (Å²) >= 11 is 0. The number of ether oxygens (including phenoxy) is 2. The Labute approximate surface area is 123 Å². The van der Waals surface area contributed by atoms with Crippen molar-refractivity contribution in [2.75, 3.05) is 6.61 Å². The number of fused-ring (bicyclic) bond motifs is 1. The van der Waals surface area contributed by atoms with Crippen LogP contribution in [0.5, 0.6) is 11.5 Å². The standard InChI is InChI=1S/C17H18FNO2/c1-11(19)15-7-6-13(18)9-17(15)20-10-14-8-12-4-2-3-5-16(12)21-14/h2-7,9,11,14H,8,10,19H2,1H3. The Morgan fingerprint density at radius 1 is 1.33 bits per heavy atom. The van der Waals surface area contributed by atoms with Gasteiger partial charge in [-0.2, -0.15) is 0 Å². The van der Waals surface area contributed by atoms with Gasteiger partial charge in [0.05, 0.1) is 0 Å². The molecule has 0 saturated carbocycles. The van der Waals surface area contributed by atoms with Crippen LogP contribution in [0.25, 0.3) is 0 Å². The van der Waals surface area contributed by atoms with E-state index in [-0.39, 0.29) is 18.0 Å². The summed E-state index contributed by atoms with van der Waals surface area (Å²) in [5, 5.41) is 0. The molecule has 21 heavy (non-hydrogen) atoms. The Balaban J connectivity index is 1.68. The summed E-state index contributed by atoms with van der Waals surface area (Å²) in [7, 11) is 0. The molecule has 0 bridgehead atoms. The van der Waals surface area contributed by atoms with E-state index in [9.17, 15) is 4.39 Å². The molecule has 2 aromatic carbocycles. The summed E-state index contributed by atoms with van der Waals surface area (Å²) in [4.78, 5) is 0. The minimum absolute atomic E-state index is 0.0494. The number of para-hydroxylation sites is 1. The fraction of sp³-hybridized carbons (Fsp3) is 0.294. The van der Waals surface area contributed by atoms with Gasteiger partial charge in [-0.1, -0.05) is 24.3 Å². The molecule has 3 rings (SSSR count). The van der Waals surface area contributed by atoms with Crippen molar-refractivity contribution in [3.63, 3.8) is 0 Å². The lowest BCUT2D eigenvalue weighted by molar-refractivity contribution is 0.147. The molecular formula is C17H18FNO2. The maximum Gasteiger partial charge on any atom is 0.137 e. The van der Waals surface area contributed by atoms with Gasteiger partial charge < -0.3 is 15.2 Å². The quantitative estimate of drug-likeness (QED) is 0.939. The molecule has 0 radical (unpaired) electrons. The van der Waals surface area contributed by atoms with E-state index in [0.29, 0.717) is 12.4 Å². The first-order chi connectivity index (χ1) is 10.1. The molecule has 2 unspecified atom stereocenters. The lowest BCUT2D eigenvalue weighted by Crippen LogP contribution is -2.23. The highest BCUT2D eigenvalue weighted by atomic mass is 19.1. The second-order valence-corrected chi connectivity index (χ2v) is 5.33. The van der Waals surface area contributed by atoms with Crippen molar-refractivity contribution in [1.82, 2.24) is 0 Å². The molecule has 2 atom stereocenters. The predicted molar refractivity (Wildman–Crippen MR) is 79.1 cm³/mol. The number of halogens is 1. The first kappa shape index (κ1) is 13.9. The lowest BCUT2D eigenvalue weighted by atomic mass is 10.1. The van der Waals surface area contributed by atoms with E-state index in [2.05, 4.69) is 0 Å². The maximum atomic E-state index is 13.4.